The molecule has 3 nitrogen and oxygen atoms in total. The minimum Gasteiger partial charge on any atom is -0.395 e. The number of rotatable bonds is 4. The lowest BCUT2D eigenvalue weighted by Crippen LogP contribution is -2.31. The summed E-state index contributed by atoms with van der Waals surface area (Å²) in [7, 11) is 1.59. The predicted molar refractivity (Wildman–Crippen MR) is 61.9 cm³/mol. The standard InChI is InChI=1S/C13H15F2NO2/c1-16(5-6-17)13(18)10-7-9(10)8-3-2-4-11(14)12(8)15/h2-4,9-10,17H,5-7H2,1H3. The Hall–Kier alpha value is -1.49. The second-order valence-electron chi connectivity index (χ2n) is 4.58. The molecule has 0 bridgehead atoms. The number of likely N-dealkylation sites (N-methyl/N-ethyl adjacent to an activating group) is 1. The van der Waals surface area contributed by atoms with Gasteiger partial charge in [0.1, 0.15) is 0 Å². The molecule has 0 aliphatic heterocycles. The summed E-state index contributed by atoms with van der Waals surface area (Å²) in [6.07, 6.45) is 0.537. The second-order valence-corrected chi connectivity index (χ2v) is 4.58. The summed E-state index contributed by atoms with van der Waals surface area (Å²) < 4.78 is 26.6. The van der Waals surface area contributed by atoms with Gasteiger partial charge in [0, 0.05) is 19.5 Å². The van der Waals surface area contributed by atoms with Gasteiger partial charge >= 0.3 is 0 Å². The van der Waals surface area contributed by atoms with E-state index in [1.807, 2.05) is 0 Å². The third kappa shape index (κ3) is 2.36. The number of benzene rings is 1. The zero-order chi connectivity index (χ0) is 13.3. The van der Waals surface area contributed by atoms with Gasteiger partial charge in [-0.3, -0.25) is 4.79 Å². The average molecular weight is 255 g/mol. The van der Waals surface area contributed by atoms with E-state index in [0.29, 0.717) is 6.42 Å². The summed E-state index contributed by atoms with van der Waals surface area (Å²) in [5.41, 5.74) is 0.269. The second kappa shape index (κ2) is 5.02. The zero-order valence-corrected chi connectivity index (χ0v) is 10.1. The van der Waals surface area contributed by atoms with Crippen LogP contribution in [-0.4, -0.2) is 36.1 Å². The van der Waals surface area contributed by atoms with E-state index in [9.17, 15) is 13.6 Å². The minimum atomic E-state index is -0.880. The molecule has 2 unspecified atom stereocenters. The van der Waals surface area contributed by atoms with Crippen LogP contribution in [0.3, 0.4) is 0 Å². The van der Waals surface area contributed by atoms with Gasteiger partial charge < -0.3 is 10.0 Å². The van der Waals surface area contributed by atoms with Crippen LogP contribution < -0.4 is 0 Å². The summed E-state index contributed by atoms with van der Waals surface area (Å²) in [5.74, 6) is -2.40. The van der Waals surface area contributed by atoms with E-state index in [2.05, 4.69) is 0 Å². The number of aliphatic hydroxyl groups excluding tert-OH is 1. The van der Waals surface area contributed by atoms with E-state index >= 15 is 0 Å². The predicted octanol–water partition coefficient (Wildman–Crippen LogP) is 1.52. The van der Waals surface area contributed by atoms with Crippen molar-refractivity contribution in [3.8, 4) is 0 Å². The van der Waals surface area contributed by atoms with E-state index in [1.54, 1.807) is 7.05 Å². The fourth-order valence-electron chi connectivity index (χ4n) is 2.16. The van der Waals surface area contributed by atoms with E-state index in [1.165, 1.54) is 17.0 Å². The number of nitrogens with zero attached hydrogens (tertiary/aromatic N) is 1. The van der Waals surface area contributed by atoms with Crippen LogP contribution in [0.1, 0.15) is 17.9 Å². The fourth-order valence-corrected chi connectivity index (χ4v) is 2.16. The van der Waals surface area contributed by atoms with Crippen LogP contribution in [-0.2, 0) is 4.79 Å². The molecular weight excluding hydrogens is 240 g/mol. The van der Waals surface area contributed by atoms with Crippen LogP contribution in [0.5, 0.6) is 0 Å². The Bertz CT molecular complexity index is 464. The molecule has 1 aromatic rings. The van der Waals surface area contributed by atoms with Crippen LogP contribution in [0.15, 0.2) is 18.2 Å². The largest absolute Gasteiger partial charge is 0.395 e. The van der Waals surface area contributed by atoms with Crippen molar-refractivity contribution in [3.05, 3.63) is 35.4 Å². The van der Waals surface area contributed by atoms with Gasteiger partial charge in [0.05, 0.1) is 6.61 Å². The van der Waals surface area contributed by atoms with Crippen molar-refractivity contribution in [2.45, 2.75) is 12.3 Å². The highest BCUT2D eigenvalue weighted by Crippen LogP contribution is 2.49. The molecule has 0 aromatic heterocycles. The van der Waals surface area contributed by atoms with Crippen molar-refractivity contribution in [3.63, 3.8) is 0 Å². The molecule has 98 valence electrons. The highest BCUT2D eigenvalue weighted by molar-refractivity contribution is 5.82. The van der Waals surface area contributed by atoms with E-state index < -0.39 is 11.6 Å². The first-order valence-corrected chi connectivity index (χ1v) is 5.86. The molecule has 0 spiro atoms. The first-order chi connectivity index (χ1) is 8.56. The molecule has 1 aliphatic rings. The topological polar surface area (TPSA) is 40.5 Å². The Labute approximate surface area is 104 Å². The summed E-state index contributed by atoms with van der Waals surface area (Å²) in [6.45, 7) is 0.154. The molecule has 1 amide bonds. The highest BCUT2D eigenvalue weighted by Gasteiger charge is 2.46. The Morgan fingerprint density at radius 2 is 2.22 bits per heavy atom. The van der Waals surface area contributed by atoms with Gasteiger partial charge in [-0.2, -0.15) is 0 Å². The SMILES string of the molecule is CN(CCO)C(=O)C1CC1c1cccc(F)c1F. The quantitative estimate of drug-likeness (QED) is 0.886. The maximum absolute atomic E-state index is 13.5. The van der Waals surface area contributed by atoms with E-state index in [-0.39, 0.29) is 36.5 Å². The van der Waals surface area contributed by atoms with Gasteiger partial charge in [0.15, 0.2) is 11.6 Å². The zero-order valence-electron chi connectivity index (χ0n) is 10.1. The van der Waals surface area contributed by atoms with E-state index in [4.69, 9.17) is 5.11 Å². The van der Waals surface area contributed by atoms with Crippen molar-refractivity contribution in [1.29, 1.82) is 0 Å². The highest BCUT2D eigenvalue weighted by atomic mass is 19.2. The lowest BCUT2D eigenvalue weighted by Gasteiger charge is -2.15. The molecule has 1 saturated carbocycles. The van der Waals surface area contributed by atoms with Crippen LogP contribution in [0.2, 0.25) is 0 Å². The Morgan fingerprint density at radius 1 is 1.50 bits per heavy atom. The van der Waals surface area contributed by atoms with Gasteiger partial charge in [-0.15, -0.1) is 0 Å². The molecule has 1 aliphatic carbocycles. The summed E-state index contributed by atoms with van der Waals surface area (Å²) in [4.78, 5) is 13.3. The molecule has 1 fully saturated rings. The van der Waals surface area contributed by atoms with Gasteiger partial charge in [0.25, 0.3) is 0 Å². The summed E-state index contributed by atoms with van der Waals surface area (Å²) in [6, 6.07) is 4.03. The maximum atomic E-state index is 13.5. The normalized spacial score (nSPS) is 21.8. The number of carbonyl (C=O) groups is 1. The molecule has 0 heterocycles. The van der Waals surface area contributed by atoms with E-state index in [0.717, 1.165) is 6.07 Å². The molecule has 2 atom stereocenters. The lowest BCUT2D eigenvalue weighted by atomic mass is 10.1. The number of carbonyl (C=O) groups excluding carboxylic acids is 1. The Balaban J connectivity index is 2.07. The molecule has 2 rings (SSSR count). The molecule has 1 aromatic carbocycles. The molecular formula is C13H15F2NO2. The average Bonchev–Trinajstić information content (AvgIpc) is 3.12. The van der Waals surface area contributed by atoms with Crippen molar-refractivity contribution in [2.24, 2.45) is 5.92 Å². The van der Waals surface area contributed by atoms with Crippen LogP contribution >= 0.6 is 0 Å². The third-order valence-electron chi connectivity index (χ3n) is 3.30. The monoisotopic (exact) mass is 255 g/mol. The fraction of sp³-hybridized carbons (Fsp3) is 0.462. The smallest absolute Gasteiger partial charge is 0.226 e. The number of hydrogen-bond donors (Lipinski definition) is 1. The van der Waals surface area contributed by atoms with Crippen molar-refractivity contribution in [1.82, 2.24) is 4.90 Å². The third-order valence-corrected chi connectivity index (χ3v) is 3.30. The van der Waals surface area contributed by atoms with Crippen molar-refractivity contribution >= 4 is 5.91 Å². The lowest BCUT2D eigenvalue weighted by molar-refractivity contribution is -0.131. The summed E-state index contributed by atoms with van der Waals surface area (Å²) >= 11 is 0. The molecule has 1 N–H and O–H groups in total. The first-order valence-electron chi connectivity index (χ1n) is 5.86. The number of hydrogen-bond acceptors (Lipinski definition) is 2. The van der Waals surface area contributed by atoms with Crippen LogP contribution in [0, 0.1) is 17.6 Å². The van der Waals surface area contributed by atoms with Crippen molar-refractivity contribution < 1.29 is 18.7 Å². The van der Waals surface area contributed by atoms with Crippen LogP contribution in [0.25, 0.3) is 0 Å². The molecule has 0 saturated heterocycles. The van der Waals surface area contributed by atoms with Gasteiger partial charge in [0.2, 0.25) is 5.91 Å². The van der Waals surface area contributed by atoms with Crippen LogP contribution in [0.4, 0.5) is 8.78 Å². The number of halogens is 2. The number of amides is 1. The maximum Gasteiger partial charge on any atom is 0.226 e. The minimum absolute atomic E-state index is 0.103. The Kier molecular flexibility index (Phi) is 3.61. The molecule has 5 heteroatoms. The molecule has 18 heavy (non-hydrogen) atoms. The molecule has 0 radical (unpaired) electrons. The Morgan fingerprint density at radius 3 is 2.89 bits per heavy atom. The van der Waals surface area contributed by atoms with Gasteiger partial charge in [-0.25, -0.2) is 8.78 Å². The van der Waals surface area contributed by atoms with Gasteiger partial charge in [-0.1, -0.05) is 12.1 Å². The number of aliphatic hydroxyl groups is 1. The van der Waals surface area contributed by atoms with Crippen molar-refractivity contribution in [2.75, 3.05) is 20.2 Å². The summed E-state index contributed by atoms with van der Waals surface area (Å²) in [5, 5.41) is 8.75. The van der Waals surface area contributed by atoms with Gasteiger partial charge in [-0.05, 0) is 24.0 Å². The first kappa shape index (κ1) is 13.0.